The van der Waals surface area contributed by atoms with E-state index in [1.54, 1.807) is 11.1 Å². The molecule has 1 aliphatic rings. The molecule has 0 N–H and O–H groups in total. The minimum absolute atomic E-state index is 0.757. The lowest BCUT2D eigenvalue weighted by Gasteiger charge is -2.28. The predicted molar refractivity (Wildman–Crippen MR) is 61.8 cm³/mol. The number of hydrogen-bond acceptors (Lipinski definition) is 0. The Balaban J connectivity index is 2.49. The van der Waals surface area contributed by atoms with E-state index in [1.165, 1.54) is 24.0 Å². The Bertz CT molecular complexity index is 349. The summed E-state index contributed by atoms with van der Waals surface area (Å²) < 4.78 is 0. The Kier molecular flexibility index (Phi) is 2.38. The normalized spacial score (nSPS) is 26.0. The monoisotopic (exact) mass is 188 g/mol. The zero-order valence-electron chi connectivity index (χ0n) is 9.72. The number of rotatable bonds is 0. The maximum absolute atomic E-state index is 2.40. The van der Waals surface area contributed by atoms with Gasteiger partial charge in [0.25, 0.3) is 0 Å². The minimum Gasteiger partial charge on any atom is -0.0622 e. The van der Waals surface area contributed by atoms with Crippen molar-refractivity contribution in [2.24, 2.45) is 5.92 Å². The highest BCUT2D eigenvalue weighted by Crippen LogP contribution is 2.35. The standard InChI is InChI=1S/C14H20/c1-9-5-12(4)14-8-11(3)10(2)7-13(14)6-9/h7-9,12H,5-6H2,1-4H3. The van der Waals surface area contributed by atoms with E-state index in [-0.39, 0.29) is 0 Å². The van der Waals surface area contributed by atoms with Gasteiger partial charge >= 0.3 is 0 Å². The van der Waals surface area contributed by atoms with Crippen molar-refractivity contribution in [3.8, 4) is 0 Å². The van der Waals surface area contributed by atoms with Gasteiger partial charge in [-0.15, -0.1) is 0 Å². The largest absolute Gasteiger partial charge is 0.0622 e. The van der Waals surface area contributed by atoms with E-state index < -0.39 is 0 Å². The van der Waals surface area contributed by atoms with E-state index >= 15 is 0 Å². The summed E-state index contributed by atoms with van der Waals surface area (Å²) in [6.45, 7) is 9.18. The molecule has 0 heteroatoms. The van der Waals surface area contributed by atoms with Crippen LogP contribution in [0, 0.1) is 19.8 Å². The van der Waals surface area contributed by atoms with Crippen molar-refractivity contribution in [1.82, 2.24) is 0 Å². The van der Waals surface area contributed by atoms with Crippen LogP contribution in [0.5, 0.6) is 0 Å². The van der Waals surface area contributed by atoms with Crippen molar-refractivity contribution in [3.05, 3.63) is 34.4 Å². The fraction of sp³-hybridized carbons (Fsp3) is 0.571. The maximum Gasteiger partial charge on any atom is -0.0185 e. The van der Waals surface area contributed by atoms with Crippen LogP contribution in [0.3, 0.4) is 0 Å². The summed E-state index contributed by atoms with van der Waals surface area (Å²) in [7, 11) is 0. The molecule has 0 amide bonds. The molecule has 2 atom stereocenters. The first kappa shape index (κ1) is 9.76. The van der Waals surface area contributed by atoms with Crippen LogP contribution in [0.4, 0.5) is 0 Å². The molecule has 0 aliphatic heterocycles. The molecule has 0 heterocycles. The van der Waals surface area contributed by atoms with Gasteiger partial charge in [0.15, 0.2) is 0 Å². The average Bonchev–Trinajstić information content (AvgIpc) is 2.08. The third-order valence-electron chi connectivity index (χ3n) is 3.61. The van der Waals surface area contributed by atoms with Crippen LogP contribution in [-0.2, 0) is 6.42 Å². The lowest BCUT2D eigenvalue weighted by Crippen LogP contribution is -2.15. The van der Waals surface area contributed by atoms with E-state index in [2.05, 4.69) is 39.8 Å². The van der Waals surface area contributed by atoms with Crippen molar-refractivity contribution in [2.75, 3.05) is 0 Å². The van der Waals surface area contributed by atoms with E-state index in [9.17, 15) is 0 Å². The molecule has 2 rings (SSSR count). The Hall–Kier alpha value is -0.780. The van der Waals surface area contributed by atoms with Crippen LogP contribution >= 0.6 is 0 Å². The molecular formula is C14H20. The van der Waals surface area contributed by atoms with Crippen LogP contribution in [0.2, 0.25) is 0 Å². The molecular weight excluding hydrogens is 168 g/mol. The van der Waals surface area contributed by atoms with Crippen molar-refractivity contribution >= 4 is 0 Å². The second-order valence-corrected chi connectivity index (χ2v) is 5.08. The van der Waals surface area contributed by atoms with Gasteiger partial charge in [0.1, 0.15) is 0 Å². The molecule has 1 aromatic carbocycles. The van der Waals surface area contributed by atoms with Crippen LogP contribution in [0.25, 0.3) is 0 Å². The number of benzene rings is 1. The van der Waals surface area contributed by atoms with Gasteiger partial charge in [-0.3, -0.25) is 0 Å². The first-order chi connectivity index (χ1) is 6.58. The lowest BCUT2D eigenvalue weighted by molar-refractivity contribution is 0.449. The Morgan fingerprint density at radius 1 is 1.07 bits per heavy atom. The summed E-state index contributed by atoms with van der Waals surface area (Å²) in [5.74, 6) is 1.62. The van der Waals surface area contributed by atoms with Gasteiger partial charge in [-0.25, -0.2) is 0 Å². The molecule has 0 fully saturated rings. The topological polar surface area (TPSA) is 0 Å². The Labute approximate surface area is 87.3 Å². The quantitative estimate of drug-likeness (QED) is 0.577. The van der Waals surface area contributed by atoms with Crippen molar-refractivity contribution in [3.63, 3.8) is 0 Å². The summed E-state index contributed by atoms with van der Waals surface area (Å²) >= 11 is 0. The van der Waals surface area contributed by atoms with E-state index in [0.717, 1.165) is 11.8 Å². The summed E-state index contributed by atoms with van der Waals surface area (Å²) in [6.07, 6.45) is 2.64. The van der Waals surface area contributed by atoms with Crippen molar-refractivity contribution in [2.45, 2.75) is 46.5 Å². The number of fused-ring (bicyclic) bond motifs is 1. The van der Waals surface area contributed by atoms with Gasteiger partial charge in [-0.05, 0) is 60.8 Å². The van der Waals surface area contributed by atoms with Gasteiger partial charge in [-0.2, -0.15) is 0 Å². The van der Waals surface area contributed by atoms with E-state index in [4.69, 9.17) is 0 Å². The molecule has 0 aromatic heterocycles. The van der Waals surface area contributed by atoms with Crippen LogP contribution in [0.15, 0.2) is 12.1 Å². The number of aryl methyl sites for hydroxylation is 2. The molecule has 0 saturated carbocycles. The Morgan fingerprint density at radius 3 is 2.43 bits per heavy atom. The van der Waals surface area contributed by atoms with Gasteiger partial charge in [0.05, 0.1) is 0 Å². The van der Waals surface area contributed by atoms with Gasteiger partial charge in [0, 0.05) is 0 Å². The number of hydrogen-bond donors (Lipinski definition) is 0. The first-order valence-corrected chi connectivity index (χ1v) is 5.68. The van der Waals surface area contributed by atoms with Crippen molar-refractivity contribution in [1.29, 1.82) is 0 Å². The molecule has 2 unspecified atom stereocenters. The second-order valence-electron chi connectivity index (χ2n) is 5.08. The molecule has 76 valence electrons. The highest BCUT2D eigenvalue weighted by molar-refractivity contribution is 5.40. The van der Waals surface area contributed by atoms with E-state index in [1.807, 2.05) is 0 Å². The van der Waals surface area contributed by atoms with Gasteiger partial charge in [0.2, 0.25) is 0 Å². The fourth-order valence-electron chi connectivity index (χ4n) is 2.72. The zero-order valence-corrected chi connectivity index (χ0v) is 9.72. The summed E-state index contributed by atoms with van der Waals surface area (Å²) in [6, 6.07) is 4.80. The SMILES string of the molecule is Cc1cc2c(cc1C)C(C)CC(C)C2. The summed E-state index contributed by atoms with van der Waals surface area (Å²) in [5.41, 5.74) is 6.10. The van der Waals surface area contributed by atoms with Gasteiger partial charge in [-0.1, -0.05) is 26.0 Å². The Morgan fingerprint density at radius 2 is 1.71 bits per heavy atom. The molecule has 0 nitrogen and oxygen atoms in total. The first-order valence-electron chi connectivity index (χ1n) is 5.68. The molecule has 14 heavy (non-hydrogen) atoms. The zero-order chi connectivity index (χ0) is 10.3. The summed E-state index contributed by atoms with van der Waals surface area (Å²) in [5, 5.41) is 0. The lowest BCUT2D eigenvalue weighted by atomic mass is 9.77. The third-order valence-corrected chi connectivity index (χ3v) is 3.61. The maximum atomic E-state index is 2.40. The fourth-order valence-corrected chi connectivity index (χ4v) is 2.72. The van der Waals surface area contributed by atoms with E-state index in [0.29, 0.717) is 0 Å². The second kappa shape index (κ2) is 3.42. The molecule has 0 radical (unpaired) electrons. The molecule has 1 aliphatic carbocycles. The smallest absolute Gasteiger partial charge is 0.0185 e. The van der Waals surface area contributed by atoms with Crippen molar-refractivity contribution < 1.29 is 0 Å². The highest BCUT2D eigenvalue weighted by atomic mass is 14.3. The molecule has 1 aromatic rings. The third kappa shape index (κ3) is 1.58. The summed E-state index contributed by atoms with van der Waals surface area (Å²) in [4.78, 5) is 0. The minimum atomic E-state index is 0.757. The van der Waals surface area contributed by atoms with Gasteiger partial charge < -0.3 is 0 Å². The van der Waals surface area contributed by atoms with Crippen LogP contribution in [0.1, 0.15) is 48.4 Å². The molecule has 0 spiro atoms. The average molecular weight is 188 g/mol. The van der Waals surface area contributed by atoms with Crippen LogP contribution in [-0.4, -0.2) is 0 Å². The van der Waals surface area contributed by atoms with Crippen LogP contribution < -0.4 is 0 Å². The highest BCUT2D eigenvalue weighted by Gasteiger charge is 2.21. The molecule has 0 bridgehead atoms. The molecule has 0 saturated heterocycles. The predicted octanol–water partition coefficient (Wildman–Crippen LogP) is 3.99.